The van der Waals surface area contributed by atoms with E-state index in [0.717, 1.165) is 18.6 Å². The normalized spacial score (nSPS) is 12.3. The van der Waals surface area contributed by atoms with Gasteiger partial charge >= 0.3 is 0 Å². The topological polar surface area (TPSA) is 60.1 Å². The van der Waals surface area contributed by atoms with Crippen LogP contribution in [0.2, 0.25) is 0 Å². The van der Waals surface area contributed by atoms with E-state index in [-0.39, 0.29) is 11.6 Å². The lowest BCUT2D eigenvalue weighted by Crippen LogP contribution is -2.26. The van der Waals surface area contributed by atoms with Gasteiger partial charge in [-0.05, 0) is 25.5 Å². The van der Waals surface area contributed by atoms with Gasteiger partial charge in [-0.15, -0.1) is 0 Å². The Labute approximate surface area is 105 Å². The number of rotatable bonds is 5. The third kappa shape index (κ3) is 3.00. The van der Waals surface area contributed by atoms with Gasteiger partial charge in [0.2, 0.25) is 0 Å². The average Bonchev–Trinajstić information content (AvgIpc) is 2.86. The standard InChI is InChI=1S/C13H17N3O2/c1-10(5-6-11-4-3-9-18-11)15-12-13(17)16(2)8-7-14-12/h3-4,7-10H,5-6H2,1-2H3,(H,14,15). The molecule has 5 heteroatoms. The summed E-state index contributed by atoms with van der Waals surface area (Å²) in [5.41, 5.74) is -0.109. The number of aryl methyl sites for hydroxylation is 2. The van der Waals surface area contributed by atoms with Gasteiger partial charge in [0.05, 0.1) is 6.26 Å². The van der Waals surface area contributed by atoms with Crippen molar-refractivity contribution >= 4 is 5.82 Å². The van der Waals surface area contributed by atoms with Crippen LogP contribution in [0.4, 0.5) is 5.82 Å². The minimum atomic E-state index is -0.109. The van der Waals surface area contributed by atoms with Crippen molar-refractivity contribution in [2.45, 2.75) is 25.8 Å². The maximum absolute atomic E-state index is 11.8. The number of furan rings is 1. The first-order valence-electron chi connectivity index (χ1n) is 5.97. The Bertz CT molecular complexity index is 546. The van der Waals surface area contributed by atoms with Gasteiger partial charge in [0.15, 0.2) is 5.82 Å². The number of hydrogen-bond acceptors (Lipinski definition) is 4. The predicted molar refractivity (Wildman–Crippen MR) is 69.6 cm³/mol. The molecule has 0 aliphatic heterocycles. The second-order valence-electron chi connectivity index (χ2n) is 4.36. The highest BCUT2D eigenvalue weighted by Crippen LogP contribution is 2.07. The van der Waals surface area contributed by atoms with Crippen molar-refractivity contribution in [3.63, 3.8) is 0 Å². The Hall–Kier alpha value is -2.04. The minimum Gasteiger partial charge on any atom is -0.469 e. The Morgan fingerprint density at radius 3 is 3.11 bits per heavy atom. The summed E-state index contributed by atoms with van der Waals surface area (Å²) in [6, 6.07) is 3.99. The molecular weight excluding hydrogens is 230 g/mol. The number of aromatic nitrogens is 2. The average molecular weight is 247 g/mol. The molecule has 0 bridgehead atoms. The molecule has 1 N–H and O–H groups in total. The minimum absolute atomic E-state index is 0.109. The zero-order chi connectivity index (χ0) is 13.0. The molecule has 0 fully saturated rings. The smallest absolute Gasteiger partial charge is 0.293 e. The van der Waals surface area contributed by atoms with Gasteiger partial charge in [-0.25, -0.2) is 4.98 Å². The monoisotopic (exact) mass is 247 g/mol. The van der Waals surface area contributed by atoms with Gasteiger partial charge in [0.1, 0.15) is 5.76 Å². The first-order chi connectivity index (χ1) is 8.66. The molecular formula is C13H17N3O2. The van der Waals surface area contributed by atoms with E-state index in [9.17, 15) is 4.79 Å². The zero-order valence-corrected chi connectivity index (χ0v) is 10.6. The summed E-state index contributed by atoms with van der Waals surface area (Å²) >= 11 is 0. The maximum Gasteiger partial charge on any atom is 0.293 e. The van der Waals surface area contributed by atoms with Gasteiger partial charge in [-0.3, -0.25) is 4.79 Å². The Balaban J connectivity index is 1.93. The number of hydrogen-bond donors (Lipinski definition) is 1. The molecule has 0 saturated carbocycles. The highest BCUT2D eigenvalue weighted by atomic mass is 16.3. The van der Waals surface area contributed by atoms with Crippen molar-refractivity contribution in [3.05, 3.63) is 46.9 Å². The Morgan fingerprint density at radius 2 is 2.39 bits per heavy atom. The number of anilines is 1. The third-order valence-corrected chi connectivity index (χ3v) is 2.80. The summed E-state index contributed by atoms with van der Waals surface area (Å²) in [6.07, 6.45) is 6.65. The Morgan fingerprint density at radius 1 is 1.56 bits per heavy atom. The molecule has 96 valence electrons. The lowest BCUT2D eigenvalue weighted by atomic mass is 10.1. The van der Waals surface area contributed by atoms with Crippen LogP contribution in [0.5, 0.6) is 0 Å². The third-order valence-electron chi connectivity index (χ3n) is 2.80. The van der Waals surface area contributed by atoms with E-state index in [1.54, 1.807) is 25.7 Å². The summed E-state index contributed by atoms with van der Waals surface area (Å²) in [7, 11) is 1.71. The first kappa shape index (κ1) is 12.4. The maximum atomic E-state index is 11.8. The molecule has 0 aromatic carbocycles. The fourth-order valence-electron chi connectivity index (χ4n) is 1.72. The molecule has 18 heavy (non-hydrogen) atoms. The molecule has 1 atom stereocenters. The fraction of sp³-hybridized carbons (Fsp3) is 0.385. The van der Waals surface area contributed by atoms with Crippen molar-refractivity contribution < 1.29 is 4.42 Å². The highest BCUT2D eigenvalue weighted by molar-refractivity contribution is 5.31. The van der Waals surface area contributed by atoms with E-state index in [1.807, 2.05) is 19.1 Å². The van der Waals surface area contributed by atoms with E-state index in [0.29, 0.717) is 5.82 Å². The van der Waals surface area contributed by atoms with Crippen LogP contribution >= 0.6 is 0 Å². The van der Waals surface area contributed by atoms with Crippen molar-refractivity contribution in [3.8, 4) is 0 Å². The number of nitrogens with zero attached hydrogens (tertiary/aromatic N) is 2. The zero-order valence-electron chi connectivity index (χ0n) is 10.6. The van der Waals surface area contributed by atoms with Crippen molar-refractivity contribution in [2.24, 2.45) is 7.05 Å². The van der Waals surface area contributed by atoms with Gasteiger partial charge in [0, 0.05) is 31.9 Å². The van der Waals surface area contributed by atoms with E-state index < -0.39 is 0 Å². The van der Waals surface area contributed by atoms with Crippen molar-refractivity contribution in [1.82, 2.24) is 9.55 Å². The summed E-state index contributed by atoms with van der Waals surface area (Å²) in [5, 5.41) is 3.13. The largest absolute Gasteiger partial charge is 0.469 e. The van der Waals surface area contributed by atoms with Crippen molar-refractivity contribution in [1.29, 1.82) is 0 Å². The van der Waals surface area contributed by atoms with Crippen LogP contribution in [-0.2, 0) is 13.5 Å². The predicted octanol–water partition coefficient (Wildman–Crippen LogP) is 1.81. The van der Waals surface area contributed by atoms with E-state index >= 15 is 0 Å². The first-order valence-corrected chi connectivity index (χ1v) is 5.97. The van der Waals surface area contributed by atoms with Gasteiger partial charge in [0.25, 0.3) is 5.56 Å². The number of nitrogens with one attached hydrogen (secondary N) is 1. The van der Waals surface area contributed by atoms with Crippen LogP contribution in [0.25, 0.3) is 0 Å². The molecule has 2 aromatic rings. The quantitative estimate of drug-likeness (QED) is 0.875. The molecule has 2 aromatic heterocycles. The van der Waals surface area contributed by atoms with Gasteiger partial charge < -0.3 is 14.3 Å². The summed E-state index contributed by atoms with van der Waals surface area (Å²) in [5.74, 6) is 1.35. The lowest BCUT2D eigenvalue weighted by Gasteiger charge is -2.13. The van der Waals surface area contributed by atoms with Gasteiger partial charge in [-0.2, -0.15) is 0 Å². The lowest BCUT2D eigenvalue weighted by molar-refractivity contribution is 0.494. The molecule has 5 nitrogen and oxygen atoms in total. The molecule has 0 saturated heterocycles. The molecule has 2 heterocycles. The van der Waals surface area contributed by atoms with Crippen LogP contribution in [0, 0.1) is 0 Å². The SMILES string of the molecule is CC(CCc1ccco1)Nc1nccn(C)c1=O. The van der Waals surface area contributed by atoms with Crippen molar-refractivity contribution in [2.75, 3.05) is 5.32 Å². The van der Waals surface area contributed by atoms with E-state index in [1.165, 1.54) is 4.57 Å². The van der Waals surface area contributed by atoms with Gasteiger partial charge in [-0.1, -0.05) is 0 Å². The summed E-state index contributed by atoms with van der Waals surface area (Å²) in [6.45, 7) is 2.02. The Kier molecular flexibility index (Phi) is 3.82. The molecule has 0 radical (unpaired) electrons. The van der Waals surface area contributed by atoms with Crippen LogP contribution in [0.1, 0.15) is 19.1 Å². The van der Waals surface area contributed by atoms with E-state index in [2.05, 4.69) is 10.3 Å². The van der Waals surface area contributed by atoms with Crippen LogP contribution < -0.4 is 10.9 Å². The molecule has 0 aliphatic rings. The highest BCUT2D eigenvalue weighted by Gasteiger charge is 2.08. The molecule has 1 unspecified atom stereocenters. The molecule has 0 spiro atoms. The van der Waals surface area contributed by atoms with E-state index in [4.69, 9.17) is 4.42 Å². The molecule has 0 aliphatic carbocycles. The van der Waals surface area contributed by atoms with Crippen LogP contribution in [0.15, 0.2) is 40.0 Å². The van der Waals surface area contributed by atoms with Crippen LogP contribution in [0.3, 0.4) is 0 Å². The molecule has 0 amide bonds. The second-order valence-corrected chi connectivity index (χ2v) is 4.36. The van der Waals surface area contributed by atoms with Crippen LogP contribution in [-0.4, -0.2) is 15.6 Å². The summed E-state index contributed by atoms with van der Waals surface area (Å²) < 4.78 is 6.78. The second kappa shape index (κ2) is 5.53. The molecule has 2 rings (SSSR count). The fourth-order valence-corrected chi connectivity index (χ4v) is 1.72. The summed E-state index contributed by atoms with van der Waals surface area (Å²) in [4.78, 5) is 15.8.